The summed E-state index contributed by atoms with van der Waals surface area (Å²) in [7, 11) is 0. The molecule has 3 aromatic heterocycles. The maximum atomic E-state index is 12.5. The molecule has 1 amide bonds. The van der Waals surface area contributed by atoms with Crippen molar-refractivity contribution in [2.24, 2.45) is 0 Å². The lowest BCUT2D eigenvalue weighted by atomic mass is 10.1. The highest BCUT2D eigenvalue weighted by molar-refractivity contribution is 7.13. The summed E-state index contributed by atoms with van der Waals surface area (Å²) < 4.78 is 0. The van der Waals surface area contributed by atoms with Crippen LogP contribution in [0.15, 0.2) is 65.6 Å². The molecule has 4 heterocycles. The number of rotatable bonds is 5. The quantitative estimate of drug-likeness (QED) is 0.482. The molecule has 30 heavy (non-hydrogen) atoms. The van der Waals surface area contributed by atoms with Gasteiger partial charge in [0.2, 0.25) is 5.91 Å². The Kier molecular flexibility index (Phi) is 5.29. The number of fused-ring (bicyclic) bond motifs is 1. The minimum atomic E-state index is -0.0633. The number of pyridine rings is 1. The van der Waals surface area contributed by atoms with Gasteiger partial charge < -0.3 is 10.2 Å². The highest BCUT2D eigenvalue weighted by atomic mass is 32.1. The van der Waals surface area contributed by atoms with E-state index in [1.807, 2.05) is 41.0 Å². The van der Waals surface area contributed by atoms with Crippen molar-refractivity contribution in [3.05, 3.63) is 81.8 Å². The first-order chi connectivity index (χ1) is 14.7. The van der Waals surface area contributed by atoms with Gasteiger partial charge in [-0.1, -0.05) is 0 Å². The third kappa shape index (κ3) is 4.13. The summed E-state index contributed by atoms with van der Waals surface area (Å²) in [5, 5.41) is 7.96. The lowest BCUT2D eigenvalue weighted by Gasteiger charge is -2.29. The van der Waals surface area contributed by atoms with E-state index < -0.39 is 0 Å². The lowest BCUT2D eigenvalue weighted by molar-refractivity contribution is -0.115. The largest absolute Gasteiger partial charge is 0.367 e. The Bertz CT molecular complexity index is 1150. The molecule has 0 saturated heterocycles. The molecule has 0 radical (unpaired) electrons. The second-order valence-electron chi connectivity index (χ2n) is 7.20. The number of thiazole rings is 1. The first-order valence-electron chi connectivity index (χ1n) is 9.79. The third-order valence-electron chi connectivity index (χ3n) is 5.13. The molecule has 1 aliphatic heterocycles. The third-order valence-corrected chi connectivity index (χ3v) is 7.09. The van der Waals surface area contributed by atoms with Gasteiger partial charge in [-0.25, -0.2) is 4.98 Å². The van der Waals surface area contributed by atoms with Crippen LogP contribution in [-0.4, -0.2) is 22.4 Å². The molecule has 0 atom stereocenters. The predicted octanol–water partition coefficient (Wildman–Crippen LogP) is 5.01. The summed E-state index contributed by atoms with van der Waals surface area (Å²) in [6, 6.07) is 14.2. The summed E-state index contributed by atoms with van der Waals surface area (Å²) >= 11 is 3.38. The Balaban J connectivity index is 1.19. The molecular formula is C23H20N4OS2. The molecule has 1 aromatic carbocycles. The van der Waals surface area contributed by atoms with Crippen LogP contribution in [0.2, 0.25) is 0 Å². The van der Waals surface area contributed by atoms with Gasteiger partial charge >= 0.3 is 0 Å². The number of anilines is 2. The van der Waals surface area contributed by atoms with E-state index in [0.29, 0.717) is 0 Å². The van der Waals surface area contributed by atoms with Crippen LogP contribution in [0.5, 0.6) is 0 Å². The number of thiophene rings is 1. The fourth-order valence-electron chi connectivity index (χ4n) is 3.60. The van der Waals surface area contributed by atoms with E-state index in [4.69, 9.17) is 0 Å². The number of carbonyl (C=O) groups excluding carboxylic acids is 1. The number of carbonyl (C=O) groups is 1. The van der Waals surface area contributed by atoms with Crippen LogP contribution < -0.4 is 10.2 Å². The zero-order valence-electron chi connectivity index (χ0n) is 16.2. The molecular weight excluding hydrogens is 412 g/mol. The zero-order valence-corrected chi connectivity index (χ0v) is 17.9. The molecule has 1 aliphatic rings. The molecule has 0 spiro atoms. The van der Waals surface area contributed by atoms with Gasteiger partial charge in [0.25, 0.3) is 0 Å². The maximum Gasteiger partial charge on any atom is 0.230 e. The minimum absolute atomic E-state index is 0.0633. The van der Waals surface area contributed by atoms with Crippen molar-refractivity contribution in [1.82, 2.24) is 9.97 Å². The first-order valence-corrected chi connectivity index (χ1v) is 11.6. The van der Waals surface area contributed by atoms with Crippen LogP contribution >= 0.6 is 22.7 Å². The van der Waals surface area contributed by atoms with E-state index in [2.05, 4.69) is 43.8 Å². The highest BCUT2D eigenvalue weighted by Crippen LogP contribution is 2.28. The van der Waals surface area contributed by atoms with Gasteiger partial charge in [0.15, 0.2) is 0 Å². The zero-order chi connectivity index (χ0) is 20.3. The van der Waals surface area contributed by atoms with Gasteiger partial charge in [0.05, 0.1) is 12.1 Å². The highest BCUT2D eigenvalue weighted by Gasteiger charge is 2.17. The summed E-state index contributed by atoms with van der Waals surface area (Å²) in [5.74, 6) is -0.0633. The number of benzene rings is 1. The van der Waals surface area contributed by atoms with Crippen molar-refractivity contribution in [2.45, 2.75) is 19.4 Å². The monoisotopic (exact) mass is 432 g/mol. The Morgan fingerprint density at radius 3 is 2.87 bits per heavy atom. The molecule has 0 fully saturated rings. The number of nitrogens with one attached hydrogen (secondary N) is 1. The molecule has 0 unspecified atom stereocenters. The van der Waals surface area contributed by atoms with Gasteiger partial charge in [0.1, 0.15) is 5.01 Å². The van der Waals surface area contributed by atoms with E-state index in [0.717, 1.165) is 41.5 Å². The Morgan fingerprint density at radius 2 is 2.03 bits per heavy atom. The smallest absolute Gasteiger partial charge is 0.230 e. The molecule has 7 heteroatoms. The minimum Gasteiger partial charge on any atom is -0.367 e. The van der Waals surface area contributed by atoms with Crippen LogP contribution in [0.25, 0.3) is 10.6 Å². The number of hydrogen-bond acceptors (Lipinski definition) is 6. The van der Waals surface area contributed by atoms with Gasteiger partial charge in [-0.05, 0) is 59.8 Å². The summed E-state index contributed by atoms with van der Waals surface area (Å²) in [4.78, 5) is 25.0. The molecule has 5 nitrogen and oxygen atoms in total. The molecule has 0 bridgehead atoms. The fourth-order valence-corrected chi connectivity index (χ4v) is 5.30. The van der Waals surface area contributed by atoms with Crippen molar-refractivity contribution < 1.29 is 4.79 Å². The second-order valence-corrected chi connectivity index (χ2v) is 9.06. The molecule has 0 aliphatic carbocycles. The number of hydrogen-bond donors (Lipinski definition) is 1. The van der Waals surface area contributed by atoms with E-state index in [1.54, 1.807) is 12.4 Å². The second kappa shape index (κ2) is 8.38. The van der Waals surface area contributed by atoms with Crippen molar-refractivity contribution in [3.8, 4) is 10.6 Å². The first kappa shape index (κ1) is 19.0. The van der Waals surface area contributed by atoms with Crippen LogP contribution in [-0.2, 0) is 24.2 Å². The Hall–Kier alpha value is -3.03. The van der Waals surface area contributed by atoms with Crippen molar-refractivity contribution >= 4 is 40.0 Å². The normalized spacial score (nSPS) is 13.1. The van der Waals surface area contributed by atoms with Crippen molar-refractivity contribution in [3.63, 3.8) is 0 Å². The lowest BCUT2D eigenvalue weighted by Crippen LogP contribution is -2.29. The van der Waals surface area contributed by atoms with Crippen molar-refractivity contribution in [1.29, 1.82) is 0 Å². The fraction of sp³-hybridized carbons (Fsp3) is 0.174. The maximum absolute atomic E-state index is 12.5. The van der Waals surface area contributed by atoms with Gasteiger partial charge in [-0.15, -0.1) is 22.7 Å². The molecule has 0 saturated carbocycles. The number of aromatic nitrogens is 2. The molecule has 150 valence electrons. The number of amides is 1. The van der Waals surface area contributed by atoms with Gasteiger partial charge in [-0.3, -0.25) is 9.78 Å². The molecule has 5 rings (SSSR count). The summed E-state index contributed by atoms with van der Waals surface area (Å²) in [6.45, 7) is 1.98. The predicted molar refractivity (Wildman–Crippen MR) is 123 cm³/mol. The van der Waals surface area contributed by atoms with E-state index in [9.17, 15) is 4.79 Å². The average Bonchev–Trinajstić information content (AvgIpc) is 3.44. The van der Waals surface area contributed by atoms with E-state index in [-0.39, 0.29) is 12.3 Å². The van der Waals surface area contributed by atoms with E-state index in [1.165, 1.54) is 27.5 Å². The van der Waals surface area contributed by atoms with Crippen molar-refractivity contribution in [2.75, 3.05) is 16.8 Å². The molecule has 4 aromatic rings. The number of nitrogens with zero attached hydrogens (tertiary/aromatic N) is 3. The van der Waals surface area contributed by atoms with Crippen LogP contribution in [0.4, 0.5) is 11.4 Å². The topological polar surface area (TPSA) is 58.1 Å². The Labute approximate surface area is 183 Å². The summed E-state index contributed by atoms with van der Waals surface area (Å²) in [6.07, 6.45) is 4.87. The van der Waals surface area contributed by atoms with Crippen LogP contribution in [0, 0.1) is 0 Å². The standard InChI is InChI=1S/C23H20N4OS2/c28-22(12-19-15-30-23(26-19)16-2-1-9-24-13-16)25-18-3-5-20(6-4-18)27-10-7-21-17(14-27)8-11-29-21/h1-6,8-9,11,13,15H,7,10,12,14H2,(H,25,28). The van der Waals surface area contributed by atoms with Crippen LogP contribution in [0.1, 0.15) is 16.1 Å². The van der Waals surface area contributed by atoms with Gasteiger partial charge in [-0.2, -0.15) is 0 Å². The molecule has 1 N–H and O–H groups in total. The Morgan fingerprint density at radius 1 is 1.13 bits per heavy atom. The van der Waals surface area contributed by atoms with Crippen LogP contribution in [0.3, 0.4) is 0 Å². The summed E-state index contributed by atoms with van der Waals surface area (Å²) in [5.41, 5.74) is 5.16. The van der Waals surface area contributed by atoms with Gasteiger partial charge in [0, 0.05) is 52.7 Å². The average molecular weight is 433 g/mol. The SMILES string of the molecule is O=C(Cc1csc(-c2cccnc2)n1)Nc1ccc(N2CCc3sccc3C2)cc1. The van der Waals surface area contributed by atoms with E-state index >= 15 is 0 Å².